The van der Waals surface area contributed by atoms with E-state index in [1.807, 2.05) is 30.3 Å². The summed E-state index contributed by atoms with van der Waals surface area (Å²) in [7, 11) is 0. The Morgan fingerprint density at radius 2 is 2.00 bits per heavy atom. The van der Waals surface area contributed by atoms with Crippen molar-refractivity contribution in [1.29, 1.82) is 0 Å². The van der Waals surface area contributed by atoms with E-state index in [0.717, 1.165) is 28.0 Å². The second-order valence-electron chi connectivity index (χ2n) is 3.72. The summed E-state index contributed by atoms with van der Waals surface area (Å²) >= 11 is 1.62. The normalized spacial score (nSPS) is 14.4. The highest BCUT2D eigenvalue weighted by Crippen LogP contribution is 2.35. The first-order valence-corrected chi connectivity index (χ1v) is 6.07. The van der Waals surface area contributed by atoms with Crippen molar-refractivity contribution >= 4 is 17.3 Å². The van der Waals surface area contributed by atoms with Crippen LogP contribution in [0.15, 0.2) is 35.7 Å². The molecule has 0 amide bonds. The summed E-state index contributed by atoms with van der Waals surface area (Å²) < 4.78 is 5.09. The molecule has 0 bridgehead atoms. The fourth-order valence-electron chi connectivity index (χ4n) is 1.93. The zero-order chi connectivity index (χ0) is 11.0. The third kappa shape index (κ3) is 1.44. The molecular formula is C13H10O2S. The molecule has 1 aromatic heterocycles. The number of thiophene rings is 1. The van der Waals surface area contributed by atoms with Gasteiger partial charge in [-0.15, -0.1) is 11.3 Å². The Balaban J connectivity index is 2.16. The van der Waals surface area contributed by atoms with Gasteiger partial charge in [0.25, 0.3) is 0 Å². The van der Waals surface area contributed by atoms with Crippen molar-refractivity contribution in [3.63, 3.8) is 0 Å². The number of fused-ring (bicyclic) bond motifs is 1. The first-order valence-electron chi connectivity index (χ1n) is 5.19. The van der Waals surface area contributed by atoms with Crippen molar-refractivity contribution in [3.8, 4) is 10.4 Å². The topological polar surface area (TPSA) is 26.3 Å². The van der Waals surface area contributed by atoms with Gasteiger partial charge in [-0.05, 0) is 16.5 Å². The van der Waals surface area contributed by atoms with Crippen molar-refractivity contribution in [2.24, 2.45) is 0 Å². The lowest BCUT2D eigenvalue weighted by atomic mass is 10.0. The molecular weight excluding hydrogens is 220 g/mol. The minimum atomic E-state index is -0.179. The Hall–Kier alpha value is -1.61. The maximum atomic E-state index is 11.7. The molecule has 0 spiro atoms. The van der Waals surface area contributed by atoms with Crippen LogP contribution in [0.3, 0.4) is 0 Å². The van der Waals surface area contributed by atoms with Crippen LogP contribution in [0.4, 0.5) is 0 Å². The summed E-state index contributed by atoms with van der Waals surface area (Å²) in [5.74, 6) is -0.179. The Morgan fingerprint density at radius 1 is 1.19 bits per heavy atom. The quantitative estimate of drug-likeness (QED) is 0.703. The monoisotopic (exact) mass is 230 g/mol. The number of ether oxygens (including phenoxy) is 1. The lowest BCUT2D eigenvalue weighted by Gasteiger charge is -2.13. The molecule has 0 unspecified atom stereocenters. The molecule has 16 heavy (non-hydrogen) atoms. The van der Waals surface area contributed by atoms with E-state index in [2.05, 4.69) is 5.38 Å². The lowest BCUT2D eigenvalue weighted by Crippen LogP contribution is -2.16. The molecule has 1 aliphatic rings. The van der Waals surface area contributed by atoms with E-state index in [0.29, 0.717) is 6.61 Å². The number of hydrogen-bond donors (Lipinski definition) is 0. The summed E-state index contributed by atoms with van der Waals surface area (Å²) in [5.41, 5.74) is 2.98. The van der Waals surface area contributed by atoms with Crippen molar-refractivity contribution in [2.75, 3.05) is 6.61 Å². The van der Waals surface area contributed by atoms with Gasteiger partial charge in [0.1, 0.15) is 0 Å². The van der Waals surface area contributed by atoms with Gasteiger partial charge < -0.3 is 4.74 Å². The third-order valence-electron chi connectivity index (χ3n) is 2.71. The number of hydrogen-bond acceptors (Lipinski definition) is 3. The predicted molar refractivity (Wildman–Crippen MR) is 63.7 cm³/mol. The molecule has 0 atom stereocenters. The van der Waals surface area contributed by atoms with Gasteiger partial charge in [0.2, 0.25) is 0 Å². The van der Waals surface area contributed by atoms with Crippen LogP contribution in [0, 0.1) is 0 Å². The Labute approximate surface area is 97.5 Å². The molecule has 2 aromatic rings. The lowest BCUT2D eigenvalue weighted by molar-refractivity contribution is 0.0482. The molecule has 1 aromatic carbocycles. The Morgan fingerprint density at radius 3 is 2.81 bits per heavy atom. The molecule has 0 N–H and O–H groups in total. The van der Waals surface area contributed by atoms with Crippen LogP contribution in [-0.4, -0.2) is 12.6 Å². The highest BCUT2D eigenvalue weighted by molar-refractivity contribution is 7.14. The zero-order valence-electron chi connectivity index (χ0n) is 8.60. The van der Waals surface area contributed by atoms with Gasteiger partial charge in [0.15, 0.2) is 0 Å². The van der Waals surface area contributed by atoms with Gasteiger partial charge in [0.05, 0.1) is 12.2 Å². The summed E-state index contributed by atoms with van der Waals surface area (Å²) in [4.78, 5) is 12.8. The minimum absolute atomic E-state index is 0.179. The van der Waals surface area contributed by atoms with Crippen LogP contribution in [0.2, 0.25) is 0 Å². The average molecular weight is 230 g/mol. The first-order chi connectivity index (χ1) is 7.86. The Kier molecular flexibility index (Phi) is 2.26. The summed E-state index contributed by atoms with van der Waals surface area (Å²) in [6.45, 7) is 0.511. The van der Waals surface area contributed by atoms with E-state index in [4.69, 9.17) is 4.74 Å². The summed E-state index contributed by atoms with van der Waals surface area (Å²) in [5, 5.41) is 2.07. The number of benzene rings is 1. The van der Waals surface area contributed by atoms with E-state index in [9.17, 15) is 4.79 Å². The molecule has 3 heteroatoms. The van der Waals surface area contributed by atoms with Gasteiger partial charge in [-0.2, -0.15) is 0 Å². The van der Waals surface area contributed by atoms with Crippen LogP contribution >= 0.6 is 11.3 Å². The van der Waals surface area contributed by atoms with Crippen molar-refractivity contribution in [3.05, 3.63) is 46.8 Å². The first kappa shape index (κ1) is 9.60. The molecule has 2 heterocycles. The highest BCUT2D eigenvalue weighted by atomic mass is 32.1. The summed E-state index contributed by atoms with van der Waals surface area (Å²) in [6.07, 6.45) is 0.838. The molecule has 2 nitrogen and oxygen atoms in total. The van der Waals surface area contributed by atoms with Gasteiger partial charge in [-0.25, -0.2) is 4.79 Å². The third-order valence-corrected chi connectivity index (χ3v) is 3.79. The number of carbonyl (C=O) groups is 1. The molecule has 3 rings (SSSR count). The van der Waals surface area contributed by atoms with Crippen LogP contribution in [0.25, 0.3) is 10.4 Å². The van der Waals surface area contributed by atoms with E-state index < -0.39 is 0 Å². The molecule has 0 radical (unpaired) electrons. The average Bonchev–Trinajstić information content (AvgIpc) is 2.75. The predicted octanol–water partition coefficient (Wildman–Crippen LogP) is 3.13. The molecule has 80 valence electrons. The van der Waals surface area contributed by atoms with Crippen LogP contribution in [0.5, 0.6) is 0 Å². The number of cyclic esters (lactones) is 1. The zero-order valence-corrected chi connectivity index (χ0v) is 9.42. The van der Waals surface area contributed by atoms with Gasteiger partial charge >= 0.3 is 5.97 Å². The van der Waals surface area contributed by atoms with E-state index in [1.54, 1.807) is 11.3 Å². The molecule has 0 aliphatic carbocycles. The largest absolute Gasteiger partial charge is 0.462 e. The van der Waals surface area contributed by atoms with Gasteiger partial charge in [-0.3, -0.25) is 0 Å². The SMILES string of the molecule is O=C1OCCc2csc(-c3ccccc3)c21. The number of rotatable bonds is 1. The molecule has 0 saturated carbocycles. The van der Waals surface area contributed by atoms with Gasteiger partial charge in [-0.1, -0.05) is 30.3 Å². The van der Waals surface area contributed by atoms with Crippen LogP contribution < -0.4 is 0 Å². The van der Waals surface area contributed by atoms with Crippen LogP contribution in [0.1, 0.15) is 15.9 Å². The van der Waals surface area contributed by atoms with Crippen molar-refractivity contribution in [1.82, 2.24) is 0 Å². The highest BCUT2D eigenvalue weighted by Gasteiger charge is 2.24. The minimum Gasteiger partial charge on any atom is -0.462 e. The Bertz CT molecular complexity index is 528. The molecule has 0 saturated heterocycles. The van der Waals surface area contributed by atoms with Gasteiger partial charge in [0, 0.05) is 11.3 Å². The maximum Gasteiger partial charge on any atom is 0.339 e. The van der Waals surface area contributed by atoms with E-state index >= 15 is 0 Å². The van der Waals surface area contributed by atoms with Crippen molar-refractivity contribution in [2.45, 2.75) is 6.42 Å². The number of carbonyl (C=O) groups excluding carboxylic acids is 1. The maximum absolute atomic E-state index is 11.7. The van der Waals surface area contributed by atoms with Crippen molar-refractivity contribution < 1.29 is 9.53 Å². The second kappa shape index (κ2) is 3.76. The fourth-order valence-corrected chi connectivity index (χ4v) is 3.03. The fraction of sp³-hybridized carbons (Fsp3) is 0.154. The van der Waals surface area contributed by atoms with E-state index in [-0.39, 0.29) is 5.97 Å². The molecule has 0 fully saturated rings. The van der Waals surface area contributed by atoms with Crippen LogP contribution in [-0.2, 0) is 11.2 Å². The summed E-state index contributed by atoms with van der Waals surface area (Å²) in [6, 6.07) is 9.98. The molecule has 1 aliphatic heterocycles. The number of esters is 1. The second-order valence-corrected chi connectivity index (χ2v) is 4.60. The van der Waals surface area contributed by atoms with E-state index in [1.165, 1.54) is 0 Å². The standard InChI is InChI=1S/C13H10O2S/c14-13-11-10(6-7-15-13)8-16-12(11)9-4-2-1-3-5-9/h1-5,8H,6-7H2. The smallest absolute Gasteiger partial charge is 0.339 e.